The Bertz CT molecular complexity index is 660. The molecule has 1 aromatic carbocycles. The molecule has 0 aliphatic carbocycles. The van der Waals surface area contributed by atoms with Crippen LogP contribution in [0.25, 0.3) is 0 Å². The molecule has 1 amide bonds. The number of alkyl halides is 2. The second-order valence-corrected chi connectivity index (χ2v) is 4.99. The van der Waals surface area contributed by atoms with E-state index in [4.69, 9.17) is 10.6 Å². The standard InChI is InChI=1S/C14H13F2N3O3S/c15-14(16)22-11-3-1-10(2-4-11)18-12(20)7-21-19-13(17)9-5-6-23-8-9/h1-6,8,14H,7H2,(H2,17,19)(H,18,20). The van der Waals surface area contributed by atoms with Crippen LogP contribution in [0.1, 0.15) is 5.56 Å². The van der Waals surface area contributed by atoms with Crippen molar-refractivity contribution in [2.75, 3.05) is 11.9 Å². The molecule has 2 rings (SSSR count). The zero-order valence-electron chi connectivity index (χ0n) is 11.7. The van der Waals surface area contributed by atoms with Gasteiger partial charge < -0.3 is 20.6 Å². The first-order valence-electron chi connectivity index (χ1n) is 6.37. The van der Waals surface area contributed by atoms with Gasteiger partial charge in [-0.25, -0.2) is 0 Å². The third-order valence-corrected chi connectivity index (χ3v) is 3.22. The SMILES string of the molecule is N/C(=N/OCC(=O)Nc1ccc(OC(F)F)cc1)c1ccsc1. The Morgan fingerprint density at radius 1 is 1.30 bits per heavy atom. The number of carbonyl (C=O) groups is 1. The van der Waals surface area contributed by atoms with Crippen LogP contribution in [0.2, 0.25) is 0 Å². The number of halogens is 2. The highest BCUT2D eigenvalue weighted by Gasteiger charge is 2.06. The van der Waals surface area contributed by atoms with Gasteiger partial charge in [0.2, 0.25) is 0 Å². The van der Waals surface area contributed by atoms with Crippen molar-refractivity contribution in [1.82, 2.24) is 0 Å². The molecule has 0 atom stereocenters. The summed E-state index contributed by atoms with van der Waals surface area (Å²) in [5.41, 5.74) is 6.78. The minimum absolute atomic E-state index is 0.00221. The van der Waals surface area contributed by atoms with Crippen molar-refractivity contribution < 1.29 is 23.1 Å². The van der Waals surface area contributed by atoms with Crippen LogP contribution < -0.4 is 15.8 Å². The number of oxime groups is 1. The molecule has 0 saturated heterocycles. The third kappa shape index (κ3) is 5.55. The molecule has 23 heavy (non-hydrogen) atoms. The first-order valence-corrected chi connectivity index (χ1v) is 7.31. The smallest absolute Gasteiger partial charge is 0.387 e. The summed E-state index contributed by atoms with van der Waals surface area (Å²) in [4.78, 5) is 16.5. The molecule has 0 aliphatic rings. The van der Waals surface area contributed by atoms with E-state index in [1.807, 2.05) is 5.38 Å². The molecule has 3 N–H and O–H groups in total. The van der Waals surface area contributed by atoms with Gasteiger partial charge in [-0.15, -0.1) is 0 Å². The fourth-order valence-corrected chi connectivity index (χ4v) is 2.19. The molecule has 0 bridgehead atoms. The van der Waals surface area contributed by atoms with Crippen molar-refractivity contribution >= 4 is 28.8 Å². The lowest BCUT2D eigenvalue weighted by atomic mass is 10.3. The molecule has 1 heterocycles. The van der Waals surface area contributed by atoms with Gasteiger partial charge in [-0.3, -0.25) is 4.79 Å². The number of benzene rings is 1. The second kappa shape index (κ2) is 8.08. The minimum Gasteiger partial charge on any atom is -0.435 e. The van der Waals surface area contributed by atoms with Crippen LogP contribution in [0.15, 0.2) is 46.2 Å². The number of amides is 1. The van der Waals surface area contributed by atoms with Gasteiger partial charge in [0.05, 0.1) is 0 Å². The number of anilines is 1. The fourth-order valence-electron chi connectivity index (χ4n) is 1.54. The number of thiophene rings is 1. The van der Waals surface area contributed by atoms with E-state index >= 15 is 0 Å². The number of ether oxygens (including phenoxy) is 1. The summed E-state index contributed by atoms with van der Waals surface area (Å²) in [6.45, 7) is -3.23. The first-order chi connectivity index (χ1) is 11.0. The van der Waals surface area contributed by atoms with Gasteiger partial charge in [0.15, 0.2) is 12.4 Å². The Hall–Kier alpha value is -2.68. The molecule has 0 spiro atoms. The molecular weight excluding hydrogens is 328 g/mol. The second-order valence-electron chi connectivity index (χ2n) is 4.21. The van der Waals surface area contributed by atoms with Crippen LogP contribution in [0, 0.1) is 0 Å². The average molecular weight is 341 g/mol. The summed E-state index contributed by atoms with van der Waals surface area (Å²) in [5.74, 6) is -0.288. The van der Waals surface area contributed by atoms with Gasteiger partial charge in [0.1, 0.15) is 5.75 Å². The molecule has 0 radical (unpaired) electrons. The highest BCUT2D eigenvalue weighted by Crippen LogP contribution is 2.17. The van der Waals surface area contributed by atoms with Crippen LogP contribution in [0.5, 0.6) is 5.75 Å². The number of hydrogen-bond acceptors (Lipinski definition) is 5. The molecule has 0 fully saturated rings. The van der Waals surface area contributed by atoms with Crippen molar-refractivity contribution in [2.24, 2.45) is 10.9 Å². The predicted molar refractivity (Wildman–Crippen MR) is 82.7 cm³/mol. The van der Waals surface area contributed by atoms with Crippen molar-refractivity contribution in [3.05, 3.63) is 46.7 Å². The molecule has 9 heteroatoms. The lowest BCUT2D eigenvalue weighted by Gasteiger charge is -2.07. The molecule has 1 aromatic heterocycles. The van der Waals surface area contributed by atoms with E-state index in [2.05, 4.69) is 15.2 Å². The average Bonchev–Trinajstić information content (AvgIpc) is 3.03. The van der Waals surface area contributed by atoms with Crippen LogP contribution in [-0.2, 0) is 9.63 Å². The van der Waals surface area contributed by atoms with Gasteiger partial charge in [0.25, 0.3) is 5.91 Å². The summed E-state index contributed by atoms with van der Waals surface area (Å²) >= 11 is 1.46. The van der Waals surface area contributed by atoms with Gasteiger partial charge in [-0.2, -0.15) is 20.1 Å². The summed E-state index contributed by atoms with van der Waals surface area (Å²) in [5, 5.41) is 9.78. The third-order valence-electron chi connectivity index (χ3n) is 2.54. The van der Waals surface area contributed by atoms with Crippen molar-refractivity contribution in [2.45, 2.75) is 6.61 Å². The van der Waals surface area contributed by atoms with Gasteiger partial charge >= 0.3 is 6.61 Å². The molecule has 0 unspecified atom stereocenters. The maximum Gasteiger partial charge on any atom is 0.387 e. The van der Waals surface area contributed by atoms with Crippen molar-refractivity contribution in [3.63, 3.8) is 0 Å². The van der Waals surface area contributed by atoms with Crippen LogP contribution >= 0.6 is 11.3 Å². The molecule has 0 saturated carbocycles. The summed E-state index contributed by atoms with van der Waals surface area (Å²) in [6, 6.07) is 7.26. The number of amidine groups is 1. The van der Waals surface area contributed by atoms with Gasteiger partial charge in [0, 0.05) is 16.6 Å². The maximum absolute atomic E-state index is 12.0. The van der Waals surface area contributed by atoms with Crippen LogP contribution in [0.4, 0.5) is 14.5 Å². The largest absolute Gasteiger partial charge is 0.435 e. The summed E-state index contributed by atoms with van der Waals surface area (Å²) < 4.78 is 28.2. The molecule has 0 aliphatic heterocycles. The van der Waals surface area contributed by atoms with Crippen molar-refractivity contribution in [3.8, 4) is 5.75 Å². The monoisotopic (exact) mass is 341 g/mol. The van der Waals surface area contributed by atoms with Gasteiger partial charge in [-0.05, 0) is 35.7 Å². The number of nitrogens with two attached hydrogens (primary N) is 1. The minimum atomic E-state index is -2.89. The molecular formula is C14H13F2N3O3S. The van der Waals surface area contributed by atoms with Crippen LogP contribution in [-0.4, -0.2) is 25.0 Å². The lowest BCUT2D eigenvalue weighted by molar-refractivity contribution is -0.120. The Kier molecular flexibility index (Phi) is 5.87. The fraction of sp³-hybridized carbons (Fsp3) is 0.143. The Morgan fingerprint density at radius 2 is 2.04 bits per heavy atom. The molecule has 122 valence electrons. The molecule has 2 aromatic rings. The highest BCUT2D eigenvalue weighted by molar-refractivity contribution is 7.08. The summed E-state index contributed by atoms with van der Waals surface area (Å²) in [7, 11) is 0. The molecule has 6 nitrogen and oxygen atoms in total. The Morgan fingerprint density at radius 3 is 2.65 bits per heavy atom. The van der Waals surface area contributed by atoms with Crippen LogP contribution in [0.3, 0.4) is 0 Å². The predicted octanol–water partition coefficient (Wildman–Crippen LogP) is 2.63. The van der Waals surface area contributed by atoms with E-state index in [1.54, 1.807) is 11.4 Å². The summed E-state index contributed by atoms with van der Waals surface area (Å²) in [6.07, 6.45) is 0. The van der Waals surface area contributed by atoms with E-state index in [0.29, 0.717) is 11.3 Å². The number of nitrogens with zero attached hydrogens (tertiary/aromatic N) is 1. The zero-order chi connectivity index (χ0) is 16.7. The Balaban J connectivity index is 1.79. The zero-order valence-corrected chi connectivity index (χ0v) is 12.6. The number of rotatable bonds is 7. The normalized spacial score (nSPS) is 11.3. The topological polar surface area (TPSA) is 85.9 Å². The van der Waals surface area contributed by atoms with E-state index in [-0.39, 0.29) is 18.2 Å². The van der Waals surface area contributed by atoms with E-state index in [9.17, 15) is 13.6 Å². The van der Waals surface area contributed by atoms with E-state index < -0.39 is 12.5 Å². The van der Waals surface area contributed by atoms with E-state index in [1.165, 1.54) is 35.6 Å². The lowest BCUT2D eigenvalue weighted by Crippen LogP contribution is -2.19. The van der Waals surface area contributed by atoms with E-state index in [0.717, 1.165) is 0 Å². The van der Waals surface area contributed by atoms with Gasteiger partial charge in [-0.1, -0.05) is 5.16 Å². The maximum atomic E-state index is 12.0. The van der Waals surface area contributed by atoms with Crippen molar-refractivity contribution in [1.29, 1.82) is 0 Å². The number of hydrogen-bond donors (Lipinski definition) is 2. The number of carbonyl (C=O) groups excluding carboxylic acids is 1. The highest BCUT2D eigenvalue weighted by atomic mass is 32.1. The number of nitrogens with one attached hydrogen (secondary N) is 1. The quantitative estimate of drug-likeness (QED) is 0.460. The first kappa shape index (κ1) is 16.7. The Labute approximate surface area is 134 Å².